The number of hydrogen-bond acceptors (Lipinski definition) is 5. The Morgan fingerprint density at radius 2 is 1.63 bits per heavy atom. The molecule has 2 heterocycles. The van der Waals surface area contributed by atoms with Crippen molar-refractivity contribution in [2.45, 2.75) is 0 Å². The van der Waals surface area contributed by atoms with Gasteiger partial charge in [0.1, 0.15) is 10.7 Å². The van der Waals surface area contributed by atoms with E-state index in [2.05, 4.69) is 29.2 Å². The van der Waals surface area contributed by atoms with Crippen molar-refractivity contribution in [2.75, 3.05) is 14.2 Å². The molecule has 0 unspecified atom stereocenters. The molecule has 5 aromatic rings. The van der Waals surface area contributed by atoms with Gasteiger partial charge in [0.25, 0.3) is 5.56 Å². The maximum Gasteiger partial charge on any atom is 0.260 e. The summed E-state index contributed by atoms with van der Waals surface area (Å²) in [6.45, 7) is 0. The van der Waals surface area contributed by atoms with Crippen molar-refractivity contribution in [1.82, 2.24) is 9.97 Å². The number of nitrogens with zero attached hydrogens (tertiary/aromatic N) is 1. The van der Waals surface area contributed by atoms with Crippen LogP contribution >= 0.6 is 11.3 Å². The van der Waals surface area contributed by atoms with Crippen molar-refractivity contribution in [1.29, 1.82) is 0 Å². The van der Waals surface area contributed by atoms with Crippen molar-refractivity contribution < 1.29 is 9.47 Å². The maximum absolute atomic E-state index is 13.0. The molecule has 0 fully saturated rings. The lowest BCUT2D eigenvalue weighted by Gasteiger charge is -2.09. The van der Waals surface area contributed by atoms with Crippen LogP contribution in [0.15, 0.2) is 70.8 Å². The fourth-order valence-electron chi connectivity index (χ4n) is 3.64. The SMILES string of the molecule is COc1ccc(-c2nc3scc(-c4ccc5ccccc5c4)c3c(=O)[nH]2)cc1OC. The molecule has 2 aromatic heterocycles. The van der Waals surface area contributed by atoms with Gasteiger partial charge in [-0.1, -0.05) is 36.4 Å². The minimum atomic E-state index is -0.158. The van der Waals surface area contributed by atoms with E-state index >= 15 is 0 Å². The van der Waals surface area contributed by atoms with Crippen LogP contribution < -0.4 is 15.0 Å². The molecule has 5 rings (SSSR count). The summed E-state index contributed by atoms with van der Waals surface area (Å²) < 4.78 is 10.7. The Labute approximate surface area is 176 Å². The van der Waals surface area contributed by atoms with Crippen molar-refractivity contribution in [3.05, 3.63) is 76.4 Å². The standard InChI is InChI=1S/C24H18N2O3S/c1-28-19-10-9-17(12-20(19)29-2)22-25-23(27)21-18(13-30-24(21)26-22)16-8-7-14-5-3-4-6-15(14)11-16/h3-13H,1-2H3,(H,25,26,27). The van der Waals surface area contributed by atoms with Gasteiger partial charge in [0.05, 0.1) is 19.6 Å². The predicted molar refractivity (Wildman–Crippen MR) is 122 cm³/mol. The molecule has 30 heavy (non-hydrogen) atoms. The first-order valence-electron chi connectivity index (χ1n) is 9.41. The number of aromatic nitrogens is 2. The third-order valence-electron chi connectivity index (χ3n) is 5.16. The van der Waals surface area contributed by atoms with Crippen LogP contribution in [0.1, 0.15) is 0 Å². The topological polar surface area (TPSA) is 64.2 Å². The van der Waals surface area contributed by atoms with E-state index in [1.807, 2.05) is 29.6 Å². The van der Waals surface area contributed by atoms with E-state index in [1.165, 1.54) is 16.7 Å². The van der Waals surface area contributed by atoms with Crippen molar-refractivity contribution in [3.63, 3.8) is 0 Å². The van der Waals surface area contributed by atoms with E-state index in [1.54, 1.807) is 26.4 Å². The Morgan fingerprint density at radius 1 is 0.867 bits per heavy atom. The van der Waals surface area contributed by atoms with E-state index < -0.39 is 0 Å². The molecule has 0 radical (unpaired) electrons. The molecule has 148 valence electrons. The molecule has 0 spiro atoms. The van der Waals surface area contributed by atoms with E-state index in [4.69, 9.17) is 14.5 Å². The fraction of sp³-hybridized carbons (Fsp3) is 0.0833. The average Bonchev–Trinajstić information content (AvgIpc) is 3.23. The molecule has 0 aliphatic rings. The number of aromatic amines is 1. The monoisotopic (exact) mass is 414 g/mol. The van der Waals surface area contributed by atoms with Gasteiger partial charge in [-0.25, -0.2) is 4.98 Å². The zero-order valence-corrected chi connectivity index (χ0v) is 17.2. The van der Waals surface area contributed by atoms with Gasteiger partial charge < -0.3 is 14.5 Å². The molecule has 0 aliphatic carbocycles. The zero-order valence-electron chi connectivity index (χ0n) is 16.4. The van der Waals surface area contributed by atoms with Gasteiger partial charge in [0.2, 0.25) is 0 Å². The summed E-state index contributed by atoms with van der Waals surface area (Å²) in [5.74, 6) is 1.71. The smallest absolute Gasteiger partial charge is 0.260 e. The lowest BCUT2D eigenvalue weighted by atomic mass is 10.0. The van der Waals surface area contributed by atoms with Gasteiger partial charge in [-0.2, -0.15) is 0 Å². The number of methoxy groups -OCH3 is 2. The number of thiophene rings is 1. The van der Waals surface area contributed by atoms with Crippen LogP contribution in [-0.4, -0.2) is 24.2 Å². The van der Waals surface area contributed by atoms with E-state index in [9.17, 15) is 4.79 Å². The third kappa shape index (κ3) is 3.02. The number of benzene rings is 3. The number of fused-ring (bicyclic) bond motifs is 2. The first kappa shape index (κ1) is 18.4. The second-order valence-corrected chi connectivity index (χ2v) is 7.73. The van der Waals surface area contributed by atoms with Crippen LogP contribution in [0.25, 0.3) is 43.5 Å². The predicted octanol–water partition coefficient (Wildman–Crippen LogP) is 5.49. The Hall–Kier alpha value is -3.64. The molecule has 0 bridgehead atoms. The highest BCUT2D eigenvalue weighted by Gasteiger charge is 2.15. The van der Waals surface area contributed by atoms with Crippen LogP contribution in [0.2, 0.25) is 0 Å². The molecule has 3 aromatic carbocycles. The first-order valence-corrected chi connectivity index (χ1v) is 10.3. The molecule has 5 nitrogen and oxygen atoms in total. The lowest BCUT2D eigenvalue weighted by Crippen LogP contribution is -2.09. The Kier molecular flexibility index (Phi) is 4.48. The van der Waals surface area contributed by atoms with Gasteiger partial charge in [-0.15, -0.1) is 11.3 Å². The minimum Gasteiger partial charge on any atom is -0.493 e. The molecule has 6 heteroatoms. The van der Waals surface area contributed by atoms with Crippen LogP contribution in [-0.2, 0) is 0 Å². The van der Waals surface area contributed by atoms with Crippen molar-refractivity contribution in [2.24, 2.45) is 0 Å². The molecular weight excluding hydrogens is 396 g/mol. The number of rotatable bonds is 4. The van der Waals surface area contributed by atoms with Gasteiger partial charge in [-0.05, 0) is 40.6 Å². The average molecular weight is 414 g/mol. The van der Waals surface area contributed by atoms with Crippen molar-refractivity contribution in [3.8, 4) is 34.0 Å². The summed E-state index contributed by atoms with van der Waals surface area (Å²) in [6.07, 6.45) is 0. The van der Waals surface area contributed by atoms with Crippen LogP contribution in [0.5, 0.6) is 11.5 Å². The third-order valence-corrected chi connectivity index (χ3v) is 6.03. The summed E-state index contributed by atoms with van der Waals surface area (Å²) in [5, 5.41) is 4.92. The Balaban J connectivity index is 1.64. The number of ether oxygens (including phenoxy) is 2. The molecular formula is C24H18N2O3S. The molecule has 1 N–H and O–H groups in total. The molecule has 0 saturated carbocycles. The minimum absolute atomic E-state index is 0.158. The number of H-pyrrole nitrogens is 1. The van der Waals surface area contributed by atoms with E-state index in [0.29, 0.717) is 27.5 Å². The van der Waals surface area contributed by atoms with E-state index in [0.717, 1.165) is 22.1 Å². The molecule has 0 amide bonds. The fourth-order valence-corrected chi connectivity index (χ4v) is 4.59. The van der Waals surface area contributed by atoms with Gasteiger partial charge in [0.15, 0.2) is 11.5 Å². The number of nitrogens with one attached hydrogen (secondary N) is 1. The molecule has 0 saturated heterocycles. The molecule has 0 atom stereocenters. The largest absolute Gasteiger partial charge is 0.493 e. The second-order valence-electron chi connectivity index (χ2n) is 6.88. The summed E-state index contributed by atoms with van der Waals surface area (Å²) in [4.78, 5) is 21.4. The summed E-state index contributed by atoms with van der Waals surface area (Å²) in [6, 6.07) is 19.9. The maximum atomic E-state index is 13.0. The summed E-state index contributed by atoms with van der Waals surface area (Å²) in [7, 11) is 3.17. The lowest BCUT2D eigenvalue weighted by molar-refractivity contribution is 0.355. The van der Waals surface area contributed by atoms with Gasteiger partial charge >= 0.3 is 0 Å². The summed E-state index contributed by atoms with van der Waals surface area (Å²) in [5.41, 5.74) is 2.50. The van der Waals surface area contributed by atoms with E-state index in [-0.39, 0.29) is 5.56 Å². The van der Waals surface area contributed by atoms with Gasteiger partial charge in [-0.3, -0.25) is 4.79 Å². The number of hydrogen-bond donors (Lipinski definition) is 1. The van der Waals surface area contributed by atoms with Gasteiger partial charge in [0, 0.05) is 16.5 Å². The highest BCUT2D eigenvalue weighted by Crippen LogP contribution is 2.35. The summed E-state index contributed by atoms with van der Waals surface area (Å²) >= 11 is 1.47. The Morgan fingerprint density at radius 3 is 2.43 bits per heavy atom. The van der Waals surface area contributed by atoms with Crippen LogP contribution in [0, 0.1) is 0 Å². The highest BCUT2D eigenvalue weighted by atomic mass is 32.1. The normalized spacial score (nSPS) is 11.1. The van der Waals surface area contributed by atoms with Crippen molar-refractivity contribution >= 4 is 32.3 Å². The van der Waals surface area contributed by atoms with Crippen LogP contribution in [0.4, 0.5) is 0 Å². The second kappa shape index (κ2) is 7.31. The first-order chi connectivity index (χ1) is 14.7. The Bertz CT molecular complexity index is 1450. The quantitative estimate of drug-likeness (QED) is 0.422. The van der Waals surface area contributed by atoms with Crippen LogP contribution in [0.3, 0.4) is 0 Å². The zero-order chi connectivity index (χ0) is 20.7. The molecule has 0 aliphatic heterocycles. The highest BCUT2D eigenvalue weighted by molar-refractivity contribution is 7.17.